The fourth-order valence-corrected chi connectivity index (χ4v) is 2.89. The third-order valence-corrected chi connectivity index (χ3v) is 3.84. The van der Waals surface area contributed by atoms with Crippen LogP contribution in [0, 0.1) is 0 Å². The zero-order valence-electron chi connectivity index (χ0n) is 9.57. The average Bonchev–Trinajstić information content (AvgIpc) is 2.29. The van der Waals surface area contributed by atoms with E-state index in [4.69, 9.17) is 5.73 Å². The molecular weight excluding hydrogens is 220 g/mol. The molecule has 1 aromatic heterocycles. The lowest BCUT2D eigenvalue weighted by Crippen LogP contribution is -2.26. The van der Waals surface area contributed by atoms with Crippen molar-refractivity contribution in [1.82, 2.24) is 9.97 Å². The number of nitrogens with two attached hydrogens (primary N) is 1. The quantitative estimate of drug-likeness (QED) is 0.842. The molecule has 1 fully saturated rings. The van der Waals surface area contributed by atoms with Gasteiger partial charge in [-0.05, 0) is 18.6 Å². The number of hydrogen-bond acceptors (Lipinski definition) is 5. The second kappa shape index (κ2) is 5.39. The maximum absolute atomic E-state index is 5.74. The van der Waals surface area contributed by atoms with Crippen LogP contribution in [0.2, 0.25) is 0 Å². The summed E-state index contributed by atoms with van der Waals surface area (Å²) in [5.74, 6) is 4.68. The molecule has 0 radical (unpaired) electrons. The maximum atomic E-state index is 5.74. The molecular formula is C11H18N4S. The van der Waals surface area contributed by atoms with Gasteiger partial charge in [-0.3, -0.25) is 0 Å². The van der Waals surface area contributed by atoms with Gasteiger partial charge in [-0.2, -0.15) is 11.8 Å². The lowest BCUT2D eigenvalue weighted by Gasteiger charge is -2.23. The molecule has 2 heterocycles. The number of nitrogens with one attached hydrogen (secondary N) is 1. The molecule has 1 atom stereocenters. The Morgan fingerprint density at radius 1 is 1.56 bits per heavy atom. The highest BCUT2D eigenvalue weighted by molar-refractivity contribution is 7.99. The Labute approximate surface area is 100 Å². The van der Waals surface area contributed by atoms with E-state index in [2.05, 4.69) is 15.3 Å². The van der Waals surface area contributed by atoms with Gasteiger partial charge < -0.3 is 11.1 Å². The molecule has 5 heteroatoms. The summed E-state index contributed by atoms with van der Waals surface area (Å²) in [5.41, 5.74) is 5.74. The molecule has 16 heavy (non-hydrogen) atoms. The number of aromatic nitrogens is 2. The zero-order chi connectivity index (χ0) is 11.4. The topological polar surface area (TPSA) is 63.8 Å². The summed E-state index contributed by atoms with van der Waals surface area (Å²) in [4.78, 5) is 8.60. The van der Waals surface area contributed by atoms with E-state index >= 15 is 0 Å². The first kappa shape index (κ1) is 11.5. The standard InChI is InChI=1S/C11H18N4S/c1-2-10-14-9(12)6-11(15-10)13-8-4-3-5-16-7-8/h6,8H,2-5,7H2,1H3,(H3,12,13,14,15). The van der Waals surface area contributed by atoms with Gasteiger partial charge in [-0.1, -0.05) is 6.92 Å². The molecule has 1 aliphatic heterocycles. The Hall–Kier alpha value is -0.970. The predicted molar refractivity (Wildman–Crippen MR) is 69.8 cm³/mol. The van der Waals surface area contributed by atoms with E-state index in [9.17, 15) is 0 Å². The van der Waals surface area contributed by atoms with E-state index in [0.717, 1.165) is 23.8 Å². The van der Waals surface area contributed by atoms with Gasteiger partial charge >= 0.3 is 0 Å². The van der Waals surface area contributed by atoms with Crippen LogP contribution < -0.4 is 11.1 Å². The first-order chi connectivity index (χ1) is 7.78. The molecule has 0 amide bonds. The molecule has 1 unspecified atom stereocenters. The fourth-order valence-electron chi connectivity index (χ4n) is 1.81. The second-order valence-corrected chi connectivity index (χ2v) is 5.16. The molecule has 0 aliphatic carbocycles. The summed E-state index contributed by atoms with van der Waals surface area (Å²) >= 11 is 2.00. The van der Waals surface area contributed by atoms with Gasteiger partial charge in [-0.25, -0.2) is 9.97 Å². The van der Waals surface area contributed by atoms with Gasteiger partial charge in [-0.15, -0.1) is 0 Å². The van der Waals surface area contributed by atoms with Crippen LogP contribution in [0.5, 0.6) is 0 Å². The van der Waals surface area contributed by atoms with Crippen molar-refractivity contribution in [3.63, 3.8) is 0 Å². The Kier molecular flexibility index (Phi) is 3.88. The summed E-state index contributed by atoms with van der Waals surface area (Å²) < 4.78 is 0. The van der Waals surface area contributed by atoms with Crippen molar-refractivity contribution in [2.24, 2.45) is 0 Å². The molecule has 1 aliphatic rings. The van der Waals surface area contributed by atoms with Gasteiger partial charge in [0.2, 0.25) is 0 Å². The number of thioether (sulfide) groups is 1. The first-order valence-corrected chi connectivity index (χ1v) is 6.91. The lowest BCUT2D eigenvalue weighted by molar-refractivity contribution is 0.681. The fraction of sp³-hybridized carbons (Fsp3) is 0.636. The molecule has 1 saturated heterocycles. The number of hydrogen-bond donors (Lipinski definition) is 2. The van der Waals surface area contributed by atoms with Crippen LogP contribution in [0.4, 0.5) is 11.6 Å². The van der Waals surface area contributed by atoms with Crippen LogP contribution in [0.25, 0.3) is 0 Å². The third-order valence-electron chi connectivity index (χ3n) is 2.62. The van der Waals surface area contributed by atoms with Crippen molar-refractivity contribution in [2.75, 3.05) is 22.6 Å². The van der Waals surface area contributed by atoms with Gasteiger partial charge in [0.1, 0.15) is 17.5 Å². The summed E-state index contributed by atoms with van der Waals surface area (Å²) in [5, 5.41) is 3.44. The van der Waals surface area contributed by atoms with Crippen molar-refractivity contribution in [3.8, 4) is 0 Å². The van der Waals surface area contributed by atoms with Crippen LogP contribution in [-0.2, 0) is 6.42 Å². The molecule has 0 bridgehead atoms. The highest BCUT2D eigenvalue weighted by Gasteiger charge is 2.14. The van der Waals surface area contributed by atoms with Crippen LogP contribution >= 0.6 is 11.8 Å². The highest BCUT2D eigenvalue weighted by Crippen LogP contribution is 2.20. The molecule has 2 rings (SSSR count). The number of rotatable bonds is 3. The monoisotopic (exact) mass is 238 g/mol. The summed E-state index contributed by atoms with van der Waals surface area (Å²) in [6.45, 7) is 2.04. The maximum Gasteiger partial charge on any atom is 0.132 e. The van der Waals surface area contributed by atoms with E-state index in [0.29, 0.717) is 11.9 Å². The molecule has 0 spiro atoms. The van der Waals surface area contributed by atoms with Crippen molar-refractivity contribution in [3.05, 3.63) is 11.9 Å². The summed E-state index contributed by atoms with van der Waals surface area (Å²) in [6, 6.07) is 2.34. The Morgan fingerprint density at radius 3 is 3.12 bits per heavy atom. The summed E-state index contributed by atoms with van der Waals surface area (Å²) in [6.07, 6.45) is 3.32. The van der Waals surface area contributed by atoms with Crippen molar-refractivity contribution < 1.29 is 0 Å². The predicted octanol–water partition coefficient (Wildman–Crippen LogP) is 1.93. The van der Waals surface area contributed by atoms with Gasteiger partial charge in [0.15, 0.2) is 0 Å². The third kappa shape index (κ3) is 3.01. The molecule has 1 aromatic rings. The average molecular weight is 238 g/mol. The number of anilines is 2. The minimum atomic E-state index is 0.526. The largest absolute Gasteiger partial charge is 0.384 e. The van der Waals surface area contributed by atoms with Crippen molar-refractivity contribution in [1.29, 1.82) is 0 Å². The highest BCUT2D eigenvalue weighted by atomic mass is 32.2. The molecule has 0 aromatic carbocycles. The van der Waals surface area contributed by atoms with Crippen LogP contribution in [0.3, 0.4) is 0 Å². The Bertz CT molecular complexity index is 350. The van der Waals surface area contributed by atoms with E-state index in [1.165, 1.54) is 18.6 Å². The number of nitrogen functional groups attached to an aromatic ring is 1. The molecule has 4 nitrogen and oxygen atoms in total. The van der Waals surface area contributed by atoms with Gasteiger partial charge in [0, 0.05) is 24.3 Å². The van der Waals surface area contributed by atoms with Crippen molar-refractivity contribution in [2.45, 2.75) is 32.2 Å². The van der Waals surface area contributed by atoms with E-state index in [-0.39, 0.29) is 0 Å². The Morgan fingerprint density at radius 2 is 2.44 bits per heavy atom. The van der Waals surface area contributed by atoms with Gasteiger partial charge in [0.25, 0.3) is 0 Å². The van der Waals surface area contributed by atoms with Crippen LogP contribution in [-0.4, -0.2) is 27.5 Å². The smallest absolute Gasteiger partial charge is 0.132 e. The number of nitrogens with zero attached hydrogens (tertiary/aromatic N) is 2. The molecule has 3 N–H and O–H groups in total. The van der Waals surface area contributed by atoms with Gasteiger partial charge in [0.05, 0.1) is 0 Å². The van der Waals surface area contributed by atoms with E-state index < -0.39 is 0 Å². The minimum absolute atomic E-state index is 0.526. The van der Waals surface area contributed by atoms with Crippen LogP contribution in [0.1, 0.15) is 25.6 Å². The Balaban J connectivity index is 2.04. The minimum Gasteiger partial charge on any atom is -0.384 e. The first-order valence-electron chi connectivity index (χ1n) is 5.75. The number of aryl methyl sites for hydroxylation is 1. The summed E-state index contributed by atoms with van der Waals surface area (Å²) in [7, 11) is 0. The normalized spacial score (nSPS) is 20.7. The van der Waals surface area contributed by atoms with E-state index in [1.54, 1.807) is 0 Å². The lowest BCUT2D eigenvalue weighted by atomic mass is 10.2. The van der Waals surface area contributed by atoms with Crippen LogP contribution in [0.15, 0.2) is 6.07 Å². The SMILES string of the molecule is CCc1nc(N)cc(NC2CCCSC2)n1. The van der Waals surface area contributed by atoms with E-state index in [1.807, 2.05) is 24.8 Å². The zero-order valence-corrected chi connectivity index (χ0v) is 10.4. The second-order valence-electron chi connectivity index (χ2n) is 4.01. The molecule has 88 valence electrons. The van der Waals surface area contributed by atoms with Crippen molar-refractivity contribution >= 4 is 23.4 Å². The molecule has 0 saturated carbocycles.